The van der Waals surface area contributed by atoms with E-state index < -0.39 is 20.7 Å². The molecular formula is C10H14FNO4S. The summed E-state index contributed by atoms with van der Waals surface area (Å²) in [5.74, 6) is -0.576. The maximum Gasteiger partial charge on any atom is 0.245 e. The number of rotatable bonds is 4. The number of hydrogen-bond donors (Lipinski definition) is 0. The molecule has 0 aromatic heterocycles. The number of benzene rings is 1. The van der Waals surface area contributed by atoms with E-state index in [0.717, 1.165) is 16.4 Å². The second-order valence-electron chi connectivity index (χ2n) is 3.43. The molecule has 0 fully saturated rings. The smallest absolute Gasteiger partial charge is 0.245 e. The zero-order valence-corrected chi connectivity index (χ0v) is 10.8. The van der Waals surface area contributed by atoms with Crippen LogP contribution in [0.25, 0.3) is 0 Å². The van der Waals surface area contributed by atoms with Gasteiger partial charge in [-0.3, -0.25) is 0 Å². The number of methoxy groups -OCH3 is 2. The van der Waals surface area contributed by atoms with Crippen LogP contribution >= 0.6 is 0 Å². The third-order valence-corrected chi connectivity index (χ3v) is 4.03. The lowest BCUT2D eigenvalue weighted by atomic mass is 10.3. The normalized spacial score (nSPS) is 11.6. The van der Waals surface area contributed by atoms with Gasteiger partial charge >= 0.3 is 0 Å². The maximum absolute atomic E-state index is 13.7. The summed E-state index contributed by atoms with van der Waals surface area (Å²) >= 11 is 0. The van der Waals surface area contributed by atoms with Gasteiger partial charge in [-0.15, -0.1) is 0 Å². The number of ether oxygens (including phenoxy) is 2. The Morgan fingerprint density at radius 1 is 1.12 bits per heavy atom. The SMILES string of the molecule is COc1cc(F)c(S(=O)(=O)N(C)C)cc1OC. The minimum atomic E-state index is -3.84. The largest absolute Gasteiger partial charge is 0.493 e. The Labute approximate surface area is 99.8 Å². The van der Waals surface area contributed by atoms with Gasteiger partial charge in [-0.1, -0.05) is 0 Å². The zero-order chi connectivity index (χ0) is 13.2. The van der Waals surface area contributed by atoms with Crippen LogP contribution in [0.1, 0.15) is 0 Å². The number of hydrogen-bond acceptors (Lipinski definition) is 4. The van der Waals surface area contributed by atoms with Gasteiger partial charge in [0.1, 0.15) is 10.7 Å². The van der Waals surface area contributed by atoms with Gasteiger partial charge in [0.15, 0.2) is 11.5 Å². The van der Waals surface area contributed by atoms with Gasteiger partial charge in [0.05, 0.1) is 14.2 Å². The van der Waals surface area contributed by atoms with Gasteiger partial charge in [-0.25, -0.2) is 17.1 Å². The van der Waals surface area contributed by atoms with Gasteiger partial charge in [0, 0.05) is 26.2 Å². The summed E-state index contributed by atoms with van der Waals surface area (Å²) in [4.78, 5) is -0.444. The first-order valence-corrected chi connectivity index (χ1v) is 6.12. The summed E-state index contributed by atoms with van der Waals surface area (Å²) in [5, 5.41) is 0. The molecule has 0 aliphatic heterocycles. The molecule has 0 N–H and O–H groups in total. The second-order valence-corrected chi connectivity index (χ2v) is 5.55. The Bertz CT molecular complexity index is 513. The molecule has 0 atom stereocenters. The molecule has 0 aliphatic carbocycles. The van der Waals surface area contributed by atoms with Crippen molar-refractivity contribution in [3.8, 4) is 11.5 Å². The van der Waals surface area contributed by atoms with E-state index in [4.69, 9.17) is 9.47 Å². The maximum atomic E-state index is 13.7. The summed E-state index contributed by atoms with van der Waals surface area (Å²) in [6.45, 7) is 0. The fourth-order valence-corrected chi connectivity index (χ4v) is 2.18. The highest BCUT2D eigenvalue weighted by Crippen LogP contribution is 2.32. The van der Waals surface area contributed by atoms with E-state index in [9.17, 15) is 12.8 Å². The molecule has 0 spiro atoms. The van der Waals surface area contributed by atoms with E-state index in [1.54, 1.807) is 0 Å². The molecule has 5 nitrogen and oxygen atoms in total. The molecule has 1 aromatic rings. The van der Waals surface area contributed by atoms with Crippen LogP contribution < -0.4 is 9.47 Å². The van der Waals surface area contributed by atoms with Gasteiger partial charge in [-0.05, 0) is 0 Å². The molecule has 0 saturated carbocycles. The lowest BCUT2D eigenvalue weighted by Crippen LogP contribution is -2.23. The van der Waals surface area contributed by atoms with E-state index in [1.807, 2.05) is 0 Å². The number of nitrogens with zero attached hydrogens (tertiary/aromatic N) is 1. The minimum absolute atomic E-state index is 0.141. The monoisotopic (exact) mass is 263 g/mol. The summed E-state index contributed by atoms with van der Waals surface area (Å²) in [7, 11) is 1.50. The van der Waals surface area contributed by atoms with Gasteiger partial charge in [0.2, 0.25) is 10.0 Å². The summed E-state index contributed by atoms with van der Waals surface area (Å²) in [5.41, 5.74) is 0. The highest BCUT2D eigenvalue weighted by atomic mass is 32.2. The van der Waals surface area contributed by atoms with Crippen LogP contribution in [0.4, 0.5) is 4.39 Å². The highest BCUT2D eigenvalue weighted by molar-refractivity contribution is 7.89. The van der Waals surface area contributed by atoms with Gasteiger partial charge < -0.3 is 9.47 Å². The third-order valence-electron chi connectivity index (χ3n) is 2.20. The fourth-order valence-electron chi connectivity index (χ4n) is 1.23. The summed E-state index contributed by atoms with van der Waals surface area (Å²) in [6.07, 6.45) is 0. The topological polar surface area (TPSA) is 55.8 Å². The molecule has 0 bridgehead atoms. The molecule has 0 aliphatic rings. The van der Waals surface area contributed by atoms with Crippen LogP contribution in [0.3, 0.4) is 0 Å². The van der Waals surface area contributed by atoms with Crippen molar-refractivity contribution in [2.45, 2.75) is 4.90 Å². The van der Waals surface area contributed by atoms with Crippen LogP contribution in [0, 0.1) is 5.82 Å². The first kappa shape index (κ1) is 13.7. The molecule has 96 valence electrons. The fraction of sp³-hybridized carbons (Fsp3) is 0.400. The Morgan fingerprint density at radius 3 is 2.00 bits per heavy atom. The zero-order valence-electron chi connectivity index (χ0n) is 10.0. The van der Waals surface area contributed by atoms with Crippen LogP contribution in [0.5, 0.6) is 11.5 Å². The quantitative estimate of drug-likeness (QED) is 0.816. The first-order chi connectivity index (χ1) is 7.84. The third kappa shape index (κ3) is 2.50. The number of sulfonamides is 1. The first-order valence-electron chi connectivity index (χ1n) is 4.68. The summed E-state index contributed by atoms with van der Waals surface area (Å²) in [6, 6.07) is 2.08. The van der Waals surface area contributed by atoms with Crippen molar-refractivity contribution in [3.05, 3.63) is 17.9 Å². The van der Waals surface area contributed by atoms with Crippen molar-refractivity contribution in [1.82, 2.24) is 4.31 Å². The molecule has 0 heterocycles. The lowest BCUT2D eigenvalue weighted by molar-refractivity contribution is 0.350. The Morgan fingerprint density at radius 2 is 1.59 bits per heavy atom. The molecule has 0 unspecified atom stereocenters. The van der Waals surface area contributed by atoms with Crippen molar-refractivity contribution in [3.63, 3.8) is 0 Å². The molecule has 0 radical (unpaired) electrons. The molecule has 1 rings (SSSR count). The van der Waals surface area contributed by atoms with E-state index in [1.165, 1.54) is 28.3 Å². The van der Waals surface area contributed by atoms with Crippen LogP contribution in [-0.4, -0.2) is 41.0 Å². The minimum Gasteiger partial charge on any atom is -0.493 e. The van der Waals surface area contributed by atoms with Crippen molar-refractivity contribution in [2.75, 3.05) is 28.3 Å². The van der Waals surface area contributed by atoms with E-state index in [2.05, 4.69) is 0 Å². The van der Waals surface area contributed by atoms with Crippen molar-refractivity contribution in [2.24, 2.45) is 0 Å². The van der Waals surface area contributed by atoms with Crippen molar-refractivity contribution < 1.29 is 22.3 Å². The van der Waals surface area contributed by atoms with E-state index >= 15 is 0 Å². The highest BCUT2D eigenvalue weighted by Gasteiger charge is 2.24. The predicted octanol–water partition coefficient (Wildman–Crippen LogP) is 1.09. The van der Waals surface area contributed by atoms with Crippen molar-refractivity contribution in [1.29, 1.82) is 0 Å². The second kappa shape index (κ2) is 4.89. The van der Waals surface area contributed by atoms with Crippen LogP contribution in [0.2, 0.25) is 0 Å². The molecule has 0 amide bonds. The van der Waals surface area contributed by atoms with Crippen molar-refractivity contribution >= 4 is 10.0 Å². The Kier molecular flexibility index (Phi) is 3.94. The van der Waals surface area contributed by atoms with E-state index in [-0.39, 0.29) is 11.5 Å². The summed E-state index contributed by atoms with van der Waals surface area (Å²) < 4.78 is 48.0. The average molecular weight is 263 g/mol. The van der Waals surface area contributed by atoms with Gasteiger partial charge in [-0.2, -0.15) is 0 Å². The molecule has 1 aromatic carbocycles. The predicted molar refractivity (Wildman–Crippen MR) is 60.4 cm³/mol. The standard InChI is InChI=1S/C10H14FNO4S/c1-12(2)17(13,14)10-6-9(16-4)8(15-3)5-7(10)11/h5-6H,1-4H3. The lowest BCUT2D eigenvalue weighted by Gasteiger charge is -2.14. The molecule has 7 heteroatoms. The van der Waals surface area contributed by atoms with Crippen LogP contribution in [-0.2, 0) is 10.0 Å². The Balaban J connectivity index is 3.47. The Hall–Kier alpha value is -1.34. The van der Waals surface area contributed by atoms with Gasteiger partial charge in [0.25, 0.3) is 0 Å². The number of halogens is 1. The molecular weight excluding hydrogens is 249 g/mol. The van der Waals surface area contributed by atoms with Crippen LogP contribution in [0.15, 0.2) is 17.0 Å². The average Bonchev–Trinajstić information content (AvgIpc) is 2.27. The molecule has 0 saturated heterocycles. The molecule has 17 heavy (non-hydrogen) atoms. The van der Waals surface area contributed by atoms with E-state index in [0.29, 0.717) is 0 Å².